The van der Waals surface area contributed by atoms with Crippen LogP contribution in [-0.2, 0) is 19.6 Å². The molecule has 3 heterocycles. The van der Waals surface area contributed by atoms with E-state index in [0.717, 1.165) is 31.0 Å². The zero-order valence-corrected chi connectivity index (χ0v) is 15.5. The summed E-state index contributed by atoms with van der Waals surface area (Å²) in [6.07, 6.45) is 3.51. The highest BCUT2D eigenvalue weighted by atomic mass is 35.5. The summed E-state index contributed by atoms with van der Waals surface area (Å²) < 4.78 is 17.9. The number of nitrogens with zero attached hydrogens (tertiary/aromatic N) is 4. The van der Waals surface area contributed by atoms with Gasteiger partial charge in [0.05, 0.1) is 18.8 Å². The van der Waals surface area contributed by atoms with E-state index >= 15 is 0 Å². The van der Waals surface area contributed by atoms with Crippen LogP contribution >= 0.6 is 36.4 Å². The first-order valence-corrected chi connectivity index (χ1v) is 7.82. The minimum absolute atomic E-state index is 0. The van der Waals surface area contributed by atoms with E-state index in [1.165, 1.54) is 6.07 Å². The Morgan fingerprint density at radius 3 is 2.88 bits per heavy atom. The summed E-state index contributed by atoms with van der Waals surface area (Å²) >= 11 is 6.13. The maximum Gasteiger partial charge on any atom is 0.160 e. The number of hydrogen-bond donors (Lipinski definition) is 1. The quantitative estimate of drug-likeness (QED) is 0.726. The smallest absolute Gasteiger partial charge is 0.160 e. The highest BCUT2D eigenvalue weighted by Crippen LogP contribution is 2.24. The SMILES string of the molecule is Cl.Cl.Fc1cccc(Cl)c1Cn1ccnc1-c1cc2n(n1)CCNC2. The van der Waals surface area contributed by atoms with Crippen LogP contribution in [0.25, 0.3) is 11.5 Å². The highest BCUT2D eigenvalue weighted by molar-refractivity contribution is 6.31. The largest absolute Gasteiger partial charge is 0.325 e. The van der Waals surface area contributed by atoms with E-state index in [-0.39, 0.29) is 30.6 Å². The van der Waals surface area contributed by atoms with Crippen molar-refractivity contribution >= 4 is 36.4 Å². The van der Waals surface area contributed by atoms with Gasteiger partial charge in [-0.05, 0) is 18.2 Å². The molecule has 134 valence electrons. The van der Waals surface area contributed by atoms with Gasteiger partial charge in [-0.3, -0.25) is 4.68 Å². The van der Waals surface area contributed by atoms with Crippen LogP contribution < -0.4 is 5.32 Å². The Morgan fingerprint density at radius 1 is 1.28 bits per heavy atom. The Bertz CT molecular complexity index is 818. The summed E-state index contributed by atoms with van der Waals surface area (Å²) in [5.74, 6) is 0.400. The van der Waals surface area contributed by atoms with E-state index in [2.05, 4.69) is 15.4 Å². The van der Waals surface area contributed by atoms with Gasteiger partial charge in [-0.25, -0.2) is 9.37 Å². The third-order valence-corrected chi connectivity index (χ3v) is 4.36. The molecule has 5 nitrogen and oxygen atoms in total. The number of benzene rings is 1. The van der Waals surface area contributed by atoms with E-state index in [1.54, 1.807) is 18.3 Å². The molecular formula is C16H17Cl3FN5. The molecule has 2 aromatic heterocycles. The number of hydrogen-bond acceptors (Lipinski definition) is 3. The predicted octanol–water partition coefficient (Wildman–Crippen LogP) is 3.53. The second-order valence-electron chi connectivity index (χ2n) is 5.50. The van der Waals surface area contributed by atoms with Gasteiger partial charge in [0.25, 0.3) is 0 Å². The van der Waals surface area contributed by atoms with Crippen molar-refractivity contribution in [3.8, 4) is 11.5 Å². The third-order valence-electron chi connectivity index (χ3n) is 4.00. The van der Waals surface area contributed by atoms with Gasteiger partial charge in [0.1, 0.15) is 11.5 Å². The summed E-state index contributed by atoms with van der Waals surface area (Å²) in [6.45, 7) is 2.87. The lowest BCUT2D eigenvalue weighted by atomic mass is 10.2. The molecule has 4 rings (SSSR count). The molecule has 0 fully saturated rings. The maximum atomic E-state index is 14.0. The van der Waals surface area contributed by atoms with E-state index in [9.17, 15) is 4.39 Å². The van der Waals surface area contributed by atoms with Crippen LogP contribution in [0, 0.1) is 5.82 Å². The number of rotatable bonds is 3. The summed E-state index contributed by atoms with van der Waals surface area (Å²) in [7, 11) is 0. The fraction of sp³-hybridized carbons (Fsp3) is 0.250. The molecule has 3 aromatic rings. The lowest BCUT2D eigenvalue weighted by Crippen LogP contribution is -2.28. The summed E-state index contributed by atoms with van der Waals surface area (Å²) in [5, 5.41) is 8.34. The van der Waals surface area contributed by atoms with E-state index in [0.29, 0.717) is 23.0 Å². The molecule has 0 unspecified atom stereocenters. The lowest BCUT2D eigenvalue weighted by Gasteiger charge is -2.13. The van der Waals surface area contributed by atoms with Crippen molar-refractivity contribution in [3.05, 3.63) is 58.8 Å². The molecular weight excluding hydrogens is 388 g/mol. The first-order valence-electron chi connectivity index (χ1n) is 7.44. The van der Waals surface area contributed by atoms with Crippen LogP contribution in [0.3, 0.4) is 0 Å². The second kappa shape index (κ2) is 8.19. The van der Waals surface area contributed by atoms with E-state index in [1.807, 2.05) is 21.5 Å². The number of nitrogens with one attached hydrogen (secondary N) is 1. The molecule has 0 bridgehead atoms. The highest BCUT2D eigenvalue weighted by Gasteiger charge is 2.17. The molecule has 0 atom stereocenters. The molecule has 0 radical (unpaired) electrons. The summed E-state index contributed by atoms with van der Waals surface area (Å²) in [4.78, 5) is 4.39. The second-order valence-corrected chi connectivity index (χ2v) is 5.91. The average Bonchev–Trinajstić information content (AvgIpc) is 3.17. The van der Waals surface area contributed by atoms with Gasteiger partial charge < -0.3 is 9.88 Å². The van der Waals surface area contributed by atoms with Crippen LogP contribution in [-0.4, -0.2) is 25.9 Å². The molecule has 0 spiro atoms. The zero-order valence-electron chi connectivity index (χ0n) is 13.2. The van der Waals surface area contributed by atoms with Crippen molar-refractivity contribution in [1.29, 1.82) is 0 Å². The molecule has 0 amide bonds. The first-order chi connectivity index (χ1) is 11.2. The molecule has 0 saturated heterocycles. The number of fused-ring (bicyclic) bond motifs is 1. The molecule has 1 aliphatic rings. The van der Waals surface area contributed by atoms with Gasteiger partial charge in [-0.15, -0.1) is 24.8 Å². The van der Waals surface area contributed by atoms with Gasteiger partial charge in [0.2, 0.25) is 0 Å². The van der Waals surface area contributed by atoms with Crippen LogP contribution in [0.15, 0.2) is 36.7 Å². The summed E-state index contributed by atoms with van der Waals surface area (Å²) in [5.41, 5.74) is 2.38. The van der Waals surface area contributed by atoms with Crippen LogP contribution in [0.4, 0.5) is 4.39 Å². The monoisotopic (exact) mass is 403 g/mol. The van der Waals surface area contributed by atoms with Crippen LogP contribution in [0.2, 0.25) is 5.02 Å². The lowest BCUT2D eigenvalue weighted by molar-refractivity contribution is 0.476. The maximum absolute atomic E-state index is 14.0. The molecule has 9 heteroatoms. The normalized spacial score (nSPS) is 12.9. The van der Waals surface area contributed by atoms with Gasteiger partial charge in [0.15, 0.2) is 5.82 Å². The first kappa shape index (κ1) is 19.7. The topological polar surface area (TPSA) is 47.7 Å². The van der Waals surface area contributed by atoms with Crippen molar-refractivity contribution in [2.45, 2.75) is 19.6 Å². The van der Waals surface area contributed by atoms with E-state index in [4.69, 9.17) is 11.6 Å². The Kier molecular flexibility index (Phi) is 6.46. The minimum Gasteiger partial charge on any atom is -0.325 e. The Morgan fingerprint density at radius 2 is 2.12 bits per heavy atom. The molecule has 25 heavy (non-hydrogen) atoms. The molecule has 0 saturated carbocycles. The Balaban J connectivity index is 0.00000113. The molecule has 0 aliphatic carbocycles. The van der Waals surface area contributed by atoms with Crippen molar-refractivity contribution in [2.24, 2.45) is 0 Å². The van der Waals surface area contributed by atoms with Crippen molar-refractivity contribution in [1.82, 2.24) is 24.6 Å². The van der Waals surface area contributed by atoms with Crippen LogP contribution in [0.1, 0.15) is 11.3 Å². The average molecular weight is 405 g/mol. The standard InChI is InChI=1S/C16H15ClFN5.2ClH/c17-13-2-1-3-14(18)12(13)10-22-6-5-20-16(22)15-8-11-9-19-4-7-23(11)21-15;;/h1-3,5-6,8,19H,4,7,9-10H2;2*1H. The Labute approximate surface area is 162 Å². The Hall–Kier alpha value is -1.60. The van der Waals surface area contributed by atoms with Crippen molar-refractivity contribution < 1.29 is 4.39 Å². The van der Waals surface area contributed by atoms with E-state index < -0.39 is 0 Å². The zero-order chi connectivity index (χ0) is 15.8. The fourth-order valence-corrected chi connectivity index (χ4v) is 3.05. The molecule has 1 aliphatic heterocycles. The van der Waals surface area contributed by atoms with Crippen molar-refractivity contribution in [3.63, 3.8) is 0 Å². The van der Waals surface area contributed by atoms with Crippen LogP contribution in [0.5, 0.6) is 0 Å². The number of halogens is 4. The molecule has 1 aromatic carbocycles. The number of imidazole rings is 1. The van der Waals surface area contributed by atoms with Gasteiger partial charge in [-0.1, -0.05) is 17.7 Å². The third kappa shape index (κ3) is 3.82. The summed E-state index contributed by atoms with van der Waals surface area (Å²) in [6, 6.07) is 6.73. The van der Waals surface area contributed by atoms with Gasteiger partial charge in [-0.2, -0.15) is 5.10 Å². The van der Waals surface area contributed by atoms with Gasteiger partial charge >= 0.3 is 0 Å². The van der Waals surface area contributed by atoms with Gasteiger partial charge in [0, 0.05) is 36.1 Å². The molecule has 1 N–H and O–H groups in total. The fourth-order valence-electron chi connectivity index (χ4n) is 2.83. The number of aromatic nitrogens is 4. The minimum atomic E-state index is -0.314. The predicted molar refractivity (Wildman–Crippen MR) is 100 cm³/mol. The van der Waals surface area contributed by atoms with Crippen molar-refractivity contribution in [2.75, 3.05) is 6.54 Å².